The number of hydrogen-bond acceptors (Lipinski definition) is 2. The molecule has 0 aromatic heterocycles. The fraction of sp³-hybridized carbons (Fsp3) is 0.278. The number of piperidine rings is 1. The Balaban J connectivity index is 1.53. The molecule has 0 aliphatic carbocycles. The van der Waals surface area contributed by atoms with Gasteiger partial charge in [-0.3, -0.25) is 4.90 Å². The van der Waals surface area contributed by atoms with Gasteiger partial charge in [0.2, 0.25) is 0 Å². The van der Waals surface area contributed by atoms with Gasteiger partial charge in [-0.15, -0.1) is 0 Å². The lowest BCUT2D eigenvalue weighted by molar-refractivity contribution is -0.137. The van der Waals surface area contributed by atoms with E-state index in [-0.39, 0.29) is 12.2 Å². The summed E-state index contributed by atoms with van der Waals surface area (Å²) in [5.74, 6) is 0.494. The average molecular weight is 682 g/mol. The summed E-state index contributed by atoms with van der Waals surface area (Å²) in [5.41, 5.74) is 5.01. The summed E-state index contributed by atoms with van der Waals surface area (Å²) in [5, 5.41) is 0. The molecule has 0 radical (unpaired) electrons. The molecule has 0 spiro atoms. The first-order valence-corrected chi connectivity index (χ1v) is 15.5. The summed E-state index contributed by atoms with van der Waals surface area (Å²) in [7, 11) is 0. The van der Waals surface area contributed by atoms with Crippen LogP contribution in [0.4, 0.5) is 13.2 Å². The topological polar surface area (TPSA) is 12.5 Å². The molecule has 218 valence electrons. The molecule has 1 fully saturated rings. The summed E-state index contributed by atoms with van der Waals surface area (Å²) in [4.78, 5) is 2.27. The maximum atomic E-state index is 14.5. The number of nitrogens with zero attached hydrogens (tertiary/aromatic N) is 1. The maximum Gasteiger partial charge on any atom is 0.417 e. The van der Waals surface area contributed by atoms with E-state index < -0.39 is 11.7 Å². The lowest BCUT2D eigenvalue weighted by Crippen LogP contribution is -2.36. The molecular formula is C36H35F3INO. The van der Waals surface area contributed by atoms with Crippen molar-refractivity contribution >= 4 is 34.7 Å². The van der Waals surface area contributed by atoms with Crippen molar-refractivity contribution in [3.8, 4) is 16.9 Å². The summed E-state index contributed by atoms with van der Waals surface area (Å²) in [6, 6.07) is 27.1. The SMILES string of the molecule is Cc1c(/C=C/c2cc(OCc3ccc(I)cc3)c(CN3CCCC[C@H]3C)cc2C(F)(F)F)cccc1-c1ccccc1. The first-order valence-electron chi connectivity index (χ1n) is 14.4. The van der Waals surface area contributed by atoms with Gasteiger partial charge in [0, 0.05) is 21.7 Å². The lowest BCUT2D eigenvalue weighted by Gasteiger charge is -2.34. The van der Waals surface area contributed by atoms with Crippen LogP contribution in [-0.4, -0.2) is 17.5 Å². The van der Waals surface area contributed by atoms with Crippen LogP contribution in [0.25, 0.3) is 23.3 Å². The smallest absolute Gasteiger partial charge is 0.417 e. The highest BCUT2D eigenvalue weighted by Gasteiger charge is 2.34. The number of likely N-dealkylation sites (tertiary alicyclic amines) is 1. The Morgan fingerprint density at radius 1 is 0.905 bits per heavy atom. The summed E-state index contributed by atoms with van der Waals surface area (Å²) >= 11 is 2.25. The van der Waals surface area contributed by atoms with Crippen molar-refractivity contribution in [3.05, 3.63) is 122 Å². The molecule has 4 aromatic rings. The highest BCUT2D eigenvalue weighted by atomic mass is 127. The molecule has 42 heavy (non-hydrogen) atoms. The molecule has 0 N–H and O–H groups in total. The quantitative estimate of drug-likeness (QED) is 0.136. The second-order valence-corrected chi connectivity index (χ2v) is 12.2. The van der Waals surface area contributed by atoms with Crippen molar-refractivity contribution in [1.82, 2.24) is 4.90 Å². The number of hydrogen-bond donors (Lipinski definition) is 0. The van der Waals surface area contributed by atoms with Gasteiger partial charge in [0.15, 0.2) is 0 Å². The third-order valence-electron chi connectivity index (χ3n) is 8.06. The van der Waals surface area contributed by atoms with E-state index in [9.17, 15) is 13.2 Å². The first kappa shape index (κ1) is 30.4. The van der Waals surface area contributed by atoms with Gasteiger partial charge in [0.1, 0.15) is 12.4 Å². The highest BCUT2D eigenvalue weighted by Crippen LogP contribution is 2.38. The van der Waals surface area contributed by atoms with Gasteiger partial charge in [-0.05, 0) is 113 Å². The molecule has 1 aliphatic rings. The van der Waals surface area contributed by atoms with Crippen molar-refractivity contribution in [1.29, 1.82) is 0 Å². The predicted octanol–water partition coefficient (Wildman–Crippen LogP) is 10.4. The van der Waals surface area contributed by atoms with Gasteiger partial charge in [-0.1, -0.05) is 79.2 Å². The lowest BCUT2D eigenvalue weighted by atomic mass is 9.95. The Bertz CT molecular complexity index is 1530. The van der Waals surface area contributed by atoms with Crippen LogP contribution in [0.5, 0.6) is 5.75 Å². The summed E-state index contributed by atoms with van der Waals surface area (Å²) < 4.78 is 50.9. The molecule has 0 saturated carbocycles. The van der Waals surface area contributed by atoms with Crippen LogP contribution in [0.2, 0.25) is 0 Å². The summed E-state index contributed by atoms with van der Waals surface area (Å²) in [6.07, 6.45) is 2.10. The van der Waals surface area contributed by atoms with Crippen LogP contribution in [0.15, 0.2) is 84.9 Å². The zero-order chi connectivity index (χ0) is 29.7. The Morgan fingerprint density at radius 2 is 1.64 bits per heavy atom. The van der Waals surface area contributed by atoms with E-state index in [1.165, 1.54) is 6.07 Å². The monoisotopic (exact) mass is 681 g/mol. The molecule has 0 bridgehead atoms. The van der Waals surface area contributed by atoms with Crippen LogP contribution in [0.3, 0.4) is 0 Å². The minimum atomic E-state index is -4.50. The van der Waals surface area contributed by atoms with Crippen molar-refractivity contribution < 1.29 is 17.9 Å². The standard InChI is InChI=1S/C36H35F3INO/c1-25-9-6-7-20-41(25)23-31-21-34(36(37,38)39)30(22-35(31)42-24-27-14-18-32(40)19-15-27)17-16-28-12-8-13-33(26(28)2)29-10-4-3-5-11-29/h3-5,8,10-19,21-22,25H,6-7,9,20,23-24H2,1-2H3/b17-16+/t25-/m1/s1. The van der Waals surface area contributed by atoms with E-state index in [2.05, 4.69) is 34.4 Å². The minimum Gasteiger partial charge on any atom is -0.489 e. The molecule has 4 aromatic carbocycles. The van der Waals surface area contributed by atoms with Gasteiger partial charge in [0.25, 0.3) is 0 Å². The largest absolute Gasteiger partial charge is 0.489 e. The fourth-order valence-corrected chi connectivity index (χ4v) is 5.94. The molecule has 1 atom stereocenters. The van der Waals surface area contributed by atoms with E-state index in [0.717, 1.165) is 57.2 Å². The number of ether oxygens (including phenoxy) is 1. The number of halogens is 4. The van der Waals surface area contributed by atoms with Crippen LogP contribution >= 0.6 is 22.6 Å². The molecule has 1 heterocycles. The van der Waals surface area contributed by atoms with E-state index >= 15 is 0 Å². The summed E-state index contributed by atoms with van der Waals surface area (Å²) in [6.45, 7) is 5.74. The molecule has 2 nitrogen and oxygen atoms in total. The van der Waals surface area contributed by atoms with Crippen LogP contribution in [0, 0.1) is 10.5 Å². The molecule has 6 heteroatoms. The van der Waals surface area contributed by atoms with Crippen LogP contribution in [-0.2, 0) is 19.3 Å². The first-order chi connectivity index (χ1) is 20.2. The van der Waals surface area contributed by atoms with E-state index in [1.807, 2.05) is 79.7 Å². The van der Waals surface area contributed by atoms with Gasteiger partial charge >= 0.3 is 6.18 Å². The Hall–Kier alpha value is -3.10. The second-order valence-electron chi connectivity index (χ2n) is 11.0. The van der Waals surface area contributed by atoms with E-state index in [1.54, 1.807) is 18.2 Å². The Labute approximate surface area is 260 Å². The van der Waals surface area contributed by atoms with E-state index in [0.29, 0.717) is 23.9 Å². The van der Waals surface area contributed by atoms with Crippen molar-refractivity contribution in [2.45, 2.75) is 58.5 Å². The zero-order valence-electron chi connectivity index (χ0n) is 23.9. The Morgan fingerprint density at radius 3 is 2.36 bits per heavy atom. The van der Waals surface area contributed by atoms with Crippen molar-refractivity contribution in [2.24, 2.45) is 0 Å². The van der Waals surface area contributed by atoms with Gasteiger partial charge in [-0.25, -0.2) is 0 Å². The van der Waals surface area contributed by atoms with E-state index in [4.69, 9.17) is 4.74 Å². The third kappa shape index (κ3) is 7.45. The third-order valence-corrected chi connectivity index (χ3v) is 8.78. The molecule has 1 aliphatic heterocycles. The van der Waals surface area contributed by atoms with Gasteiger partial charge in [-0.2, -0.15) is 13.2 Å². The highest BCUT2D eigenvalue weighted by molar-refractivity contribution is 14.1. The molecule has 0 amide bonds. The number of alkyl halides is 3. The Kier molecular flexibility index (Phi) is 9.74. The normalized spacial score (nSPS) is 16.2. The molecule has 5 rings (SSSR count). The fourth-order valence-electron chi connectivity index (χ4n) is 5.58. The number of rotatable bonds is 8. The van der Waals surface area contributed by atoms with Gasteiger partial charge < -0.3 is 4.74 Å². The predicted molar refractivity (Wildman–Crippen MR) is 174 cm³/mol. The maximum absolute atomic E-state index is 14.5. The second kappa shape index (κ2) is 13.5. The van der Waals surface area contributed by atoms with Gasteiger partial charge in [0.05, 0.1) is 5.56 Å². The molecular weight excluding hydrogens is 646 g/mol. The minimum absolute atomic E-state index is 0.0973. The van der Waals surface area contributed by atoms with Crippen molar-refractivity contribution in [2.75, 3.05) is 6.54 Å². The van der Waals surface area contributed by atoms with Crippen molar-refractivity contribution in [3.63, 3.8) is 0 Å². The average Bonchev–Trinajstić information content (AvgIpc) is 2.98. The van der Waals surface area contributed by atoms with Crippen LogP contribution < -0.4 is 4.74 Å². The molecule has 1 saturated heterocycles. The molecule has 0 unspecified atom stereocenters. The number of benzene rings is 4. The van der Waals surface area contributed by atoms with Crippen LogP contribution in [0.1, 0.15) is 59.6 Å². The zero-order valence-corrected chi connectivity index (χ0v) is 26.1.